The summed E-state index contributed by atoms with van der Waals surface area (Å²) in [4.78, 5) is 29.9. The normalized spacial score (nSPS) is 19.0. The van der Waals surface area contributed by atoms with Gasteiger partial charge in [-0.1, -0.05) is 5.21 Å². The number of hydrogen-bond donors (Lipinski definition) is 2. The molecule has 0 aliphatic heterocycles. The Kier molecular flexibility index (Phi) is 8.35. The monoisotopic (exact) mass is 618 g/mol. The number of rotatable bonds is 10. The van der Waals surface area contributed by atoms with E-state index >= 15 is 0 Å². The first-order valence-electron chi connectivity index (χ1n) is 13.8. The second-order valence-corrected chi connectivity index (χ2v) is 11.1. The number of amides is 2. The molecule has 2 saturated carbocycles. The van der Waals surface area contributed by atoms with Gasteiger partial charge in [0.1, 0.15) is 5.69 Å². The zero-order valence-electron chi connectivity index (χ0n) is 22.9. The van der Waals surface area contributed by atoms with E-state index < -0.39 is 85.4 Å². The number of halogens is 7. The molecular formula is C26H29F7N8O2. The lowest BCUT2D eigenvalue weighted by atomic mass is 9.81. The molecule has 1 unspecified atom stereocenters. The molecule has 0 spiro atoms. The average molecular weight is 619 g/mol. The molecule has 5 rings (SSSR count). The second kappa shape index (κ2) is 11.7. The van der Waals surface area contributed by atoms with Crippen molar-refractivity contribution in [3.8, 4) is 0 Å². The summed E-state index contributed by atoms with van der Waals surface area (Å²) in [6, 6.07) is 0.0658. The number of carbonyl (C=O) groups excluding carboxylic acids is 2. The molecule has 234 valence electrons. The van der Waals surface area contributed by atoms with Gasteiger partial charge in [-0.3, -0.25) is 9.59 Å². The van der Waals surface area contributed by atoms with Crippen LogP contribution in [-0.2, 0) is 11.8 Å². The van der Waals surface area contributed by atoms with Crippen molar-refractivity contribution in [3.05, 3.63) is 41.1 Å². The molecule has 2 amide bonds. The molecule has 2 aliphatic rings. The van der Waals surface area contributed by atoms with Crippen LogP contribution in [0.2, 0.25) is 0 Å². The molecule has 3 aromatic heterocycles. The van der Waals surface area contributed by atoms with Crippen LogP contribution in [0, 0.1) is 11.8 Å². The van der Waals surface area contributed by atoms with Gasteiger partial charge in [0.2, 0.25) is 11.8 Å². The Morgan fingerprint density at radius 3 is 2.37 bits per heavy atom. The summed E-state index contributed by atoms with van der Waals surface area (Å²) < 4.78 is 95.0. The van der Waals surface area contributed by atoms with Crippen molar-refractivity contribution < 1.29 is 40.3 Å². The molecule has 3 heterocycles. The van der Waals surface area contributed by atoms with Crippen LogP contribution in [0.15, 0.2) is 18.5 Å². The Balaban J connectivity index is 1.41. The fourth-order valence-corrected chi connectivity index (χ4v) is 5.44. The number of fused-ring (bicyclic) bond motifs is 1. The molecule has 43 heavy (non-hydrogen) atoms. The lowest BCUT2D eigenvalue weighted by molar-refractivity contribution is -0.144. The van der Waals surface area contributed by atoms with Crippen LogP contribution in [0.4, 0.5) is 30.7 Å². The number of aryl methyl sites for hydroxylation is 1. The molecule has 0 aromatic carbocycles. The molecule has 2 aliphatic carbocycles. The first-order valence-corrected chi connectivity index (χ1v) is 13.8. The van der Waals surface area contributed by atoms with Gasteiger partial charge in [0, 0.05) is 26.3 Å². The van der Waals surface area contributed by atoms with Crippen LogP contribution in [0.5, 0.6) is 0 Å². The van der Waals surface area contributed by atoms with E-state index in [1.54, 1.807) is 6.07 Å². The number of nitrogens with one attached hydrogen (secondary N) is 2. The third-order valence-electron chi connectivity index (χ3n) is 7.89. The number of hydrogen-bond acceptors (Lipinski definition) is 6. The molecule has 2 atom stereocenters. The maximum Gasteiger partial charge on any atom is 0.389 e. The van der Waals surface area contributed by atoms with E-state index in [0.717, 1.165) is 17.5 Å². The van der Waals surface area contributed by atoms with Crippen molar-refractivity contribution in [3.63, 3.8) is 0 Å². The minimum atomic E-state index is -4.46. The van der Waals surface area contributed by atoms with Crippen molar-refractivity contribution >= 4 is 17.5 Å². The first kappa shape index (κ1) is 30.7. The van der Waals surface area contributed by atoms with E-state index in [4.69, 9.17) is 0 Å². The van der Waals surface area contributed by atoms with Gasteiger partial charge in [0.05, 0.1) is 36.6 Å². The third-order valence-corrected chi connectivity index (χ3v) is 7.89. The second-order valence-electron chi connectivity index (χ2n) is 11.1. The highest BCUT2D eigenvalue weighted by molar-refractivity contribution is 5.93. The van der Waals surface area contributed by atoms with E-state index in [1.165, 1.54) is 24.0 Å². The van der Waals surface area contributed by atoms with Gasteiger partial charge in [-0.2, -0.15) is 18.3 Å². The van der Waals surface area contributed by atoms with Gasteiger partial charge in [0.25, 0.3) is 12.3 Å². The van der Waals surface area contributed by atoms with E-state index in [1.807, 2.05) is 0 Å². The summed E-state index contributed by atoms with van der Waals surface area (Å²) in [7, 11) is 1.21. The summed E-state index contributed by atoms with van der Waals surface area (Å²) in [5.74, 6) is -5.07. The van der Waals surface area contributed by atoms with Gasteiger partial charge < -0.3 is 10.6 Å². The molecule has 0 saturated heterocycles. The number of alkyl halides is 7. The fourth-order valence-electron chi connectivity index (χ4n) is 5.44. The summed E-state index contributed by atoms with van der Waals surface area (Å²) in [5, 5.41) is 16.7. The van der Waals surface area contributed by atoms with Gasteiger partial charge in [-0.05, 0) is 49.1 Å². The number of imidazole rings is 1. The summed E-state index contributed by atoms with van der Waals surface area (Å²) in [6.07, 6.45) is -5.80. The predicted octanol–water partition coefficient (Wildman–Crippen LogP) is 5.00. The number of carbonyl (C=O) groups is 2. The van der Waals surface area contributed by atoms with Gasteiger partial charge in [-0.25, -0.2) is 31.7 Å². The molecule has 0 bridgehead atoms. The van der Waals surface area contributed by atoms with Crippen LogP contribution in [0.3, 0.4) is 0 Å². The Morgan fingerprint density at radius 2 is 1.74 bits per heavy atom. The van der Waals surface area contributed by atoms with Crippen LogP contribution in [0.1, 0.15) is 97.3 Å². The maximum atomic E-state index is 14.0. The number of aromatic nitrogens is 6. The minimum absolute atomic E-state index is 0.0143. The molecule has 10 nitrogen and oxygen atoms in total. The Bertz CT molecular complexity index is 1470. The SMILES string of the molecule is Cn1nnc(C(=O)N[C@H](c2cn3ncc(C(NC(=O)CCC(F)(F)F)C4CC4)cc3n2)C2CCC(F)(F)CC2)c1C(F)F. The Labute approximate surface area is 240 Å². The van der Waals surface area contributed by atoms with E-state index in [-0.39, 0.29) is 30.1 Å². The predicted molar refractivity (Wildman–Crippen MR) is 135 cm³/mol. The Morgan fingerprint density at radius 1 is 1.07 bits per heavy atom. The summed E-state index contributed by atoms with van der Waals surface area (Å²) >= 11 is 0. The highest BCUT2D eigenvalue weighted by atomic mass is 19.4. The first-order chi connectivity index (χ1) is 20.2. The van der Waals surface area contributed by atoms with E-state index in [0.29, 0.717) is 5.56 Å². The highest BCUT2D eigenvalue weighted by Gasteiger charge is 2.40. The van der Waals surface area contributed by atoms with Crippen LogP contribution < -0.4 is 10.6 Å². The van der Waals surface area contributed by atoms with Crippen molar-refractivity contribution in [2.45, 2.75) is 82.0 Å². The standard InChI is InChI=1S/C26H29F7N8O2/c1-40-22(23(27)28)21(38-39-40)24(43)37-20(14-4-7-25(29,30)8-5-14)16-12-41-17(35-16)10-15(11-34-41)19(13-2-3-13)36-18(42)6-9-26(31,32)33/h10-14,19-20,23H,2-9H2,1H3,(H,36,42)(H,37,43)/t19?,20-/m0/s1. The highest BCUT2D eigenvalue weighted by Crippen LogP contribution is 2.43. The van der Waals surface area contributed by atoms with Crippen molar-refractivity contribution in [2.24, 2.45) is 18.9 Å². The summed E-state index contributed by atoms with van der Waals surface area (Å²) in [5.41, 5.74) is -0.257. The molecule has 17 heteroatoms. The van der Waals surface area contributed by atoms with Gasteiger partial charge in [0.15, 0.2) is 11.3 Å². The van der Waals surface area contributed by atoms with E-state index in [9.17, 15) is 40.3 Å². The Hall–Kier alpha value is -3.79. The van der Waals surface area contributed by atoms with Crippen LogP contribution in [0.25, 0.3) is 5.65 Å². The van der Waals surface area contributed by atoms with Crippen molar-refractivity contribution in [1.82, 2.24) is 40.2 Å². The lowest BCUT2D eigenvalue weighted by Crippen LogP contribution is -2.38. The summed E-state index contributed by atoms with van der Waals surface area (Å²) in [6.45, 7) is 0. The lowest BCUT2D eigenvalue weighted by Gasteiger charge is -2.33. The minimum Gasteiger partial charge on any atom is -0.349 e. The van der Waals surface area contributed by atoms with Gasteiger partial charge in [-0.15, -0.1) is 5.10 Å². The zero-order chi connectivity index (χ0) is 31.1. The molecular weight excluding hydrogens is 589 g/mol. The average Bonchev–Trinajstić information content (AvgIpc) is 3.56. The zero-order valence-corrected chi connectivity index (χ0v) is 22.9. The molecule has 2 fully saturated rings. The molecule has 2 N–H and O–H groups in total. The van der Waals surface area contributed by atoms with Crippen LogP contribution in [-0.4, -0.2) is 53.5 Å². The quantitative estimate of drug-likeness (QED) is 0.309. The van der Waals surface area contributed by atoms with E-state index in [2.05, 4.69) is 31.0 Å². The molecule has 0 radical (unpaired) electrons. The third kappa shape index (κ3) is 7.24. The van der Waals surface area contributed by atoms with Gasteiger partial charge >= 0.3 is 6.18 Å². The smallest absolute Gasteiger partial charge is 0.349 e. The fraction of sp³-hybridized carbons (Fsp3) is 0.615. The van der Waals surface area contributed by atoms with Crippen molar-refractivity contribution in [2.75, 3.05) is 0 Å². The molecule has 3 aromatic rings. The largest absolute Gasteiger partial charge is 0.389 e. The number of nitrogens with zero attached hydrogens (tertiary/aromatic N) is 6. The maximum absolute atomic E-state index is 14.0. The van der Waals surface area contributed by atoms with Crippen molar-refractivity contribution in [1.29, 1.82) is 0 Å². The van der Waals surface area contributed by atoms with Crippen LogP contribution >= 0.6 is 0 Å². The topological polar surface area (TPSA) is 119 Å².